The number of alkyl halides is 1. The van der Waals surface area contributed by atoms with Gasteiger partial charge in [0.25, 0.3) is 0 Å². The second kappa shape index (κ2) is 6.34. The van der Waals surface area contributed by atoms with Gasteiger partial charge in [-0.15, -0.1) is 0 Å². The average molecular weight is 317 g/mol. The number of hydrogen-bond acceptors (Lipinski definition) is 1. The van der Waals surface area contributed by atoms with Crippen LogP contribution in [-0.2, 0) is 10.1 Å². The first kappa shape index (κ1) is 13.6. The zero-order valence-corrected chi connectivity index (χ0v) is 11.8. The van der Waals surface area contributed by atoms with Crippen molar-refractivity contribution in [3.63, 3.8) is 0 Å². The molecular weight excluding hydrogens is 304 g/mol. The van der Waals surface area contributed by atoms with Crippen molar-refractivity contribution in [2.24, 2.45) is 0 Å². The molecule has 0 saturated heterocycles. The summed E-state index contributed by atoms with van der Waals surface area (Å²) in [5, 5.41) is 9.77. The summed E-state index contributed by atoms with van der Waals surface area (Å²) in [5.74, 6) is -0.941. The van der Waals surface area contributed by atoms with Gasteiger partial charge in [-0.2, -0.15) is 0 Å². The number of carboxylic acid groups (broad SMARTS) is 1. The van der Waals surface area contributed by atoms with Crippen LogP contribution in [0.5, 0.6) is 0 Å². The SMILES string of the molecule is O=C(O)C=C(c1ccccc1)c1ccccc1CBr. The Balaban J connectivity index is 2.60. The molecule has 19 heavy (non-hydrogen) atoms. The van der Waals surface area contributed by atoms with Crippen molar-refractivity contribution in [3.05, 3.63) is 77.4 Å². The van der Waals surface area contributed by atoms with E-state index in [1.165, 1.54) is 6.08 Å². The fourth-order valence-electron chi connectivity index (χ4n) is 1.96. The minimum atomic E-state index is -0.941. The average Bonchev–Trinajstić information content (AvgIpc) is 2.45. The van der Waals surface area contributed by atoms with Crippen molar-refractivity contribution in [1.29, 1.82) is 0 Å². The first-order chi connectivity index (χ1) is 9.22. The maximum atomic E-state index is 11.1. The van der Waals surface area contributed by atoms with E-state index in [4.69, 9.17) is 5.11 Å². The minimum absolute atomic E-state index is 0.687. The van der Waals surface area contributed by atoms with Gasteiger partial charge in [-0.1, -0.05) is 70.5 Å². The zero-order chi connectivity index (χ0) is 13.7. The molecule has 0 fully saturated rings. The molecule has 3 heteroatoms. The number of hydrogen-bond donors (Lipinski definition) is 1. The van der Waals surface area contributed by atoms with E-state index in [-0.39, 0.29) is 0 Å². The summed E-state index contributed by atoms with van der Waals surface area (Å²) in [6, 6.07) is 17.4. The molecular formula is C16H13BrO2. The van der Waals surface area contributed by atoms with Gasteiger partial charge in [-0.25, -0.2) is 4.79 Å². The highest BCUT2D eigenvalue weighted by atomic mass is 79.9. The Hall–Kier alpha value is -1.87. The van der Waals surface area contributed by atoms with Crippen molar-refractivity contribution in [2.75, 3.05) is 0 Å². The van der Waals surface area contributed by atoms with Crippen molar-refractivity contribution in [1.82, 2.24) is 0 Å². The van der Waals surface area contributed by atoms with E-state index in [0.717, 1.165) is 22.3 Å². The lowest BCUT2D eigenvalue weighted by atomic mass is 9.94. The van der Waals surface area contributed by atoms with Gasteiger partial charge in [0.15, 0.2) is 0 Å². The summed E-state index contributed by atoms with van der Waals surface area (Å²) >= 11 is 3.44. The molecule has 0 atom stereocenters. The van der Waals surface area contributed by atoms with Crippen LogP contribution >= 0.6 is 15.9 Å². The Morgan fingerprint density at radius 1 is 1.05 bits per heavy atom. The molecule has 0 saturated carbocycles. The van der Waals surface area contributed by atoms with Gasteiger partial charge in [0.2, 0.25) is 0 Å². The monoisotopic (exact) mass is 316 g/mol. The summed E-state index contributed by atoms with van der Waals surface area (Å²) in [7, 11) is 0. The molecule has 2 rings (SSSR count). The van der Waals surface area contributed by atoms with Crippen LogP contribution < -0.4 is 0 Å². The highest BCUT2D eigenvalue weighted by Crippen LogP contribution is 2.27. The van der Waals surface area contributed by atoms with Gasteiger partial charge in [-0.05, 0) is 22.3 Å². The van der Waals surface area contributed by atoms with E-state index >= 15 is 0 Å². The van der Waals surface area contributed by atoms with Crippen LogP contribution in [0.3, 0.4) is 0 Å². The van der Waals surface area contributed by atoms with Crippen molar-refractivity contribution < 1.29 is 9.90 Å². The van der Waals surface area contributed by atoms with Gasteiger partial charge in [0, 0.05) is 11.4 Å². The van der Waals surface area contributed by atoms with E-state index in [1.807, 2.05) is 54.6 Å². The Morgan fingerprint density at radius 2 is 1.68 bits per heavy atom. The molecule has 0 radical (unpaired) electrons. The molecule has 0 bridgehead atoms. The largest absolute Gasteiger partial charge is 0.478 e. The topological polar surface area (TPSA) is 37.3 Å². The molecule has 96 valence electrons. The van der Waals surface area contributed by atoms with Crippen LogP contribution in [0.15, 0.2) is 60.7 Å². The third kappa shape index (κ3) is 3.32. The predicted octanol–water partition coefficient (Wildman–Crippen LogP) is 4.10. The normalized spacial score (nSPS) is 11.3. The highest BCUT2D eigenvalue weighted by Gasteiger charge is 2.10. The Labute approximate surface area is 120 Å². The fourth-order valence-corrected chi connectivity index (χ4v) is 2.45. The summed E-state index contributed by atoms with van der Waals surface area (Å²) in [6.45, 7) is 0. The van der Waals surface area contributed by atoms with Gasteiger partial charge in [-0.3, -0.25) is 0 Å². The molecule has 1 N–H and O–H groups in total. The van der Waals surface area contributed by atoms with Gasteiger partial charge < -0.3 is 5.11 Å². The first-order valence-electron chi connectivity index (χ1n) is 5.86. The number of benzene rings is 2. The predicted molar refractivity (Wildman–Crippen MR) is 80.2 cm³/mol. The van der Waals surface area contributed by atoms with E-state index in [1.54, 1.807) is 0 Å². The highest BCUT2D eigenvalue weighted by molar-refractivity contribution is 9.08. The summed E-state index contributed by atoms with van der Waals surface area (Å²) in [4.78, 5) is 11.1. The number of carboxylic acids is 1. The summed E-state index contributed by atoms with van der Waals surface area (Å²) in [5.41, 5.74) is 3.63. The van der Waals surface area contributed by atoms with Crippen LogP contribution in [0, 0.1) is 0 Å². The van der Waals surface area contributed by atoms with Crippen LogP contribution in [0.1, 0.15) is 16.7 Å². The number of halogens is 1. The molecule has 0 aliphatic rings. The lowest BCUT2D eigenvalue weighted by Crippen LogP contribution is -1.97. The maximum Gasteiger partial charge on any atom is 0.328 e. The van der Waals surface area contributed by atoms with Gasteiger partial charge >= 0.3 is 5.97 Å². The molecule has 0 aliphatic heterocycles. The molecule has 0 aliphatic carbocycles. The lowest BCUT2D eigenvalue weighted by Gasteiger charge is -2.11. The van der Waals surface area contributed by atoms with Gasteiger partial charge in [0.05, 0.1) is 0 Å². The number of aliphatic carboxylic acids is 1. The molecule has 2 aromatic carbocycles. The minimum Gasteiger partial charge on any atom is -0.478 e. The number of carbonyl (C=O) groups is 1. The van der Waals surface area contributed by atoms with Gasteiger partial charge in [0.1, 0.15) is 0 Å². The molecule has 0 aromatic heterocycles. The Kier molecular flexibility index (Phi) is 4.53. The van der Waals surface area contributed by atoms with E-state index in [0.29, 0.717) is 5.33 Å². The molecule has 0 heterocycles. The fraction of sp³-hybridized carbons (Fsp3) is 0.0625. The lowest BCUT2D eigenvalue weighted by molar-refractivity contribution is -0.131. The second-order valence-electron chi connectivity index (χ2n) is 4.05. The quantitative estimate of drug-likeness (QED) is 0.681. The third-order valence-electron chi connectivity index (χ3n) is 2.80. The number of rotatable bonds is 4. The summed E-state index contributed by atoms with van der Waals surface area (Å²) in [6.07, 6.45) is 1.26. The molecule has 0 spiro atoms. The van der Waals surface area contributed by atoms with Crippen LogP contribution in [0.25, 0.3) is 5.57 Å². The summed E-state index contributed by atoms with van der Waals surface area (Å²) < 4.78 is 0. The Bertz CT molecular complexity index is 603. The van der Waals surface area contributed by atoms with Crippen LogP contribution in [0.4, 0.5) is 0 Å². The smallest absolute Gasteiger partial charge is 0.328 e. The molecule has 0 amide bonds. The van der Waals surface area contributed by atoms with Crippen LogP contribution in [0.2, 0.25) is 0 Å². The van der Waals surface area contributed by atoms with Crippen molar-refractivity contribution in [3.8, 4) is 0 Å². The van der Waals surface area contributed by atoms with Crippen LogP contribution in [-0.4, -0.2) is 11.1 Å². The van der Waals surface area contributed by atoms with Crippen molar-refractivity contribution in [2.45, 2.75) is 5.33 Å². The first-order valence-corrected chi connectivity index (χ1v) is 6.99. The standard InChI is InChI=1S/C16H13BrO2/c17-11-13-8-4-5-9-14(13)15(10-16(18)19)12-6-2-1-3-7-12/h1-10H,11H2,(H,18,19). The third-order valence-corrected chi connectivity index (χ3v) is 3.41. The maximum absolute atomic E-state index is 11.1. The zero-order valence-electron chi connectivity index (χ0n) is 10.2. The molecule has 2 aromatic rings. The molecule has 0 unspecified atom stereocenters. The molecule has 2 nitrogen and oxygen atoms in total. The van der Waals surface area contributed by atoms with E-state index in [9.17, 15) is 4.79 Å². The van der Waals surface area contributed by atoms with Crippen molar-refractivity contribution >= 4 is 27.5 Å². The second-order valence-corrected chi connectivity index (χ2v) is 4.61. The van der Waals surface area contributed by atoms with E-state index < -0.39 is 5.97 Å². The Morgan fingerprint density at radius 3 is 2.32 bits per heavy atom. The van der Waals surface area contributed by atoms with E-state index in [2.05, 4.69) is 15.9 Å².